The van der Waals surface area contributed by atoms with Crippen molar-refractivity contribution in [2.45, 2.75) is 0 Å². The highest BCUT2D eigenvalue weighted by Crippen LogP contribution is 1.99. The molecule has 0 unspecified atom stereocenters. The van der Waals surface area contributed by atoms with Gasteiger partial charge in [-0.3, -0.25) is 9.96 Å². The maximum Gasteiger partial charge on any atom is 0.382 e. The summed E-state index contributed by atoms with van der Waals surface area (Å²) in [5.41, 5.74) is 5.55. The van der Waals surface area contributed by atoms with Crippen LogP contribution in [0.5, 0.6) is 0 Å². The van der Waals surface area contributed by atoms with Gasteiger partial charge in [0.25, 0.3) is 0 Å². The molecule has 1 aromatic rings. The molecule has 1 rings (SSSR count). The van der Waals surface area contributed by atoms with Crippen LogP contribution in [0.15, 0.2) is 35.4 Å². The summed E-state index contributed by atoms with van der Waals surface area (Å²) in [4.78, 5) is 0. The summed E-state index contributed by atoms with van der Waals surface area (Å²) < 4.78 is 30.2. The highest BCUT2D eigenvalue weighted by atomic mass is 32.2. The Balaban J connectivity index is 2.94. The van der Waals surface area contributed by atoms with E-state index in [-0.39, 0.29) is 4.41 Å². The second kappa shape index (κ2) is 4.73. The quantitative estimate of drug-likeness (QED) is 0.299. The van der Waals surface area contributed by atoms with E-state index >= 15 is 0 Å². The molecule has 0 bridgehead atoms. The van der Waals surface area contributed by atoms with Gasteiger partial charge < -0.3 is 5.73 Å². The van der Waals surface area contributed by atoms with Gasteiger partial charge in [0.05, 0.1) is 6.21 Å². The van der Waals surface area contributed by atoms with Crippen LogP contribution in [0.2, 0.25) is 0 Å². The van der Waals surface area contributed by atoms with Gasteiger partial charge in [-0.1, -0.05) is 30.3 Å². The van der Waals surface area contributed by atoms with Crippen molar-refractivity contribution in [2.24, 2.45) is 10.8 Å². The standard InChI is InChI=1S/C8H10N4O3S/c9-8(10)12(16(13,14)15)11-6-7-4-2-1-3-5-7/h1-6H,(H3,9,10)(H,13,14,15). The van der Waals surface area contributed by atoms with Crippen LogP contribution >= 0.6 is 0 Å². The van der Waals surface area contributed by atoms with Gasteiger partial charge in [0.1, 0.15) is 0 Å². The van der Waals surface area contributed by atoms with Gasteiger partial charge in [0.15, 0.2) is 0 Å². The molecule has 0 radical (unpaired) electrons. The minimum absolute atomic E-state index is 0.0139. The van der Waals surface area contributed by atoms with Crippen LogP contribution in [0.4, 0.5) is 0 Å². The molecule has 0 amide bonds. The fraction of sp³-hybridized carbons (Fsp3) is 0. The molecular formula is C8H10N4O3S. The van der Waals surface area contributed by atoms with E-state index in [1.807, 2.05) is 0 Å². The summed E-state index contributed by atoms with van der Waals surface area (Å²) >= 11 is 0. The molecule has 8 heteroatoms. The number of nitrogens with two attached hydrogens (primary N) is 1. The van der Waals surface area contributed by atoms with Crippen LogP contribution in [-0.2, 0) is 10.3 Å². The first-order valence-electron chi connectivity index (χ1n) is 4.12. The number of benzene rings is 1. The lowest BCUT2D eigenvalue weighted by Crippen LogP contribution is -2.36. The topological polar surface area (TPSA) is 120 Å². The Kier molecular flexibility index (Phi) is 3.59. The maximum atomic E-state index is 10.7. The van der Waals surface area contributed by atoms with Crippen molar-refractivity contribution in [1.82, 2.24) is 4.41 Å². The first-order valence-corrected chi connectivity index (χ1v) is 5.52. The lowest BCUT2D eigenvalue weighted by Gasteiger charge is -2.11. The predicted octanol–water partition coefficient (Wildman–Crippen LogP) is 0.0188. The Morgan fingerprint density at radius 2 is 2.00 bits per heavy atom. The number of hydrazone groups is 1. The summed E-state index contributed by atoms with van der Waals surface area (Å²) in [7, 11) is -4.65. The van der Waals surface area contributed by atoms with Gasteiger partial charge in [-0.2, -0.15) is 13.5 Å². The first-order chi connectivity index (χ1) is 7.41. The molecule has 1 aromatic carbocycles. The summed E-state index contributed by atoms with van der Waals surface area (Å²) in [5, 5.41) is 10.3. The zero-order chi connectivity index (χ0) is 12.2. The molecular weight excluding hydrogens is 232 g/mol. The number of rotatable bonds is 3. The number of hydrogen-bond donors (Lipinski definition) is 3. The van der Waals surface area contributed by atoms with Crippen LogP contribution in [0.25, 0.3) is 0 Å². The molecule has 0 aliphatic heterocycles. The third-order valence-electron chi connectivity index (χ3n) is 1.54. The average Bonchev–Trinajstić information content (AvgIpc) is 2.17. The summed E-state index contributed by atoms with van der Waals surface area (Å²) in [6.45, 7) is 0. The van der Waals surface area contributed by atoms with E-state index in [9.17, 15) is 8.42 Å². The zero-order valence-corrected chi connectivity index (χ0v) is 8.92. The van der Waals surface area contributed by atoms with E-state index in [1.54, 1.807) is 30.3 Å². The van der Waals surface area contributed by atoms with Crippen molar-refractivity contribution < 1.29 is 13.0 Å². The third-order valence-corrected chi connectivity index (χ3v) is 2.26. The Morgan fingerprint density at radius 1 is 1.44 bits per heavy atom. The molecule has 86 valence electrons. The van der Waals surface area contributed by atoms with Crippen LogP contribution in [0.1, 0.15) is 5.56 Å². The smallest absolute Gasteiger partial charge is 0.368 e. The van der Waals surface area contributed by atoms with E-state index in [1.165, 1.54) is 0 Å². The lowest BCUT2D eigenvalue weighted by molar-refractivity contribution is 0.425. The normalized spacial score (nSPS) is 11.6. The largest absolute Gasteiger partial charge is 0.382 e. The van der Waals surface area contributed by atoms with E-state index in [4.69, 9.17) is 15.7 Å². The van der Waals surface area contributed by atoms with Crippen molar-refractivity contribution >= 4 is 22.5 Å². The fourth-order valence-corrected chi connectivity index (χ4v) is 1.32. The van der Waals surface area contributed by atoms with Crippen LogP contribution in [0.3, 0.4) is 0 Å². The molecule has 0 saturated carbocycles. The lowest BCUT2D eigenvalue weighted by atomic mass is 10.2. The van der Waals surface area contributed by atoms with E-state index in [0.717, 1.165) is 6.21 Å². The Hall–Kier alpha value is -1.93. The van der Waals surface area contributed by atoms with E-state index < -0.39 is 16.3 Å². The monoisotopic (exact) mass is 242 g/mol. The van der Waals surface area contributed by atoms with Gasteiger partial charge in [0, 0.05) is 0 Å². The average molecular weight is 242 g/mol. The zero-order valence-electron chi connectivity index (χ0n) is 8.11. The van der Waals surface area contributed by atoms with Crippen molar-refractivity contribution in [3.05, 3.63) is 35.9 Å². The predicted molar refractivity (Wildman–Crippen MR) is 59.3 cm³/mol. The Labute approximate surface area is 92.6 Å². The Morgan fingerprint density at radius 3 is 2.44 bits per heavy atom. The first kappa shape index (κ1) is 12.1. The van der Waals surface area contributed by atoms with Gasteiger partial charge in [-0.25, -0.2) is 0 Å². The van der Waals surface area contributed by atoms with Crippen molar-refractivity contribution in [2.75, 3.05) is 0 Å². The number of hydrogen-bond acceptors (Lipinski definition) is 4. The SMILES string of the molecule is N=C(N)N(N=Cc1ccccc1)S(=O)(=O)O. The molecule has 0 fully saturated rings. The second-order valence-corrected chi connectivity index (χ2v) is 4.00. The highest BCUT2D eigenvalue weighted by molar-refractivity contribution is 7.83. The highest BCUT2D eigenvalue weighted by Gasteiger charge is 2.18. The molecule has 0 spiro atoms. The van der Waals surface area contributed by atoms with Crippen LogP contribution < -0.4 is 5.73 Å². The van der Waals surface area contributed by atoms with Crippen molar-refractivity contribution in [3.8, 4) is 0 Å². The van der Waals surface area contributed by atoms with Gasteiger partial charge >= 0.3 is 10.3 Å². The maximum absolute atomic E-state index is 10.7. The number of guanidine groups is 1. The fourth-order valence-electron chi connectivity index (χ4n) is 0.904. The number of nitrogens with one attached hydrogen (secondary N) is 1. The van der Waals surface area contributed by atoms with E-state index in [0.29, 0.717) is 5.56 Å². The van der Waals surface area contributed by atoms with Gasteiger partial charge in [-0.15, -0.1) is 4.41 Å². The molecule has 4 N–H and O–H groups in total. The number of nitrogens with zero attached hydrogens (tertiary/aromatic N) is 2. The molecule has 0 saturated heterocycles. The molecule has 0 atom stereocenters. The Bertz CT molecular complexity index is 497. The minimum Gasteiger partial charge on any atom is -0.368 e. The third kappa shape index (κ3) is 3.33. The molecule has 7 nitrogen and oxygen atoms in total. The van der Waals surface area contributed by atoms with Crippen LogP contribution in [-0.4, -0.2) is 29.6 Å². The van der Waals surface area contributed by atoms with E-state index in [2.05, 4.69) is 5.10 Å². The van der Waals surface area contributed by atoms with Gasteiger partial charge in [0.2, 0.25) is 5.96 Å². The van der Waals surface area contributed by atoms with Gasteiger partial charge in [-0.05, 0) is 5.56 Å². The van der Waals surface area contributed by atoms with Crippen molar-refractivity contribution in [1.29, 1.82) is 5.41 Å². The summed E-state index contributed by atoms with van der Waals surface area (Å²) in [6.07, 6.45) is 1.16. The molecule has 0 heterocycles. The summed E-state index contributed by atoms with van der Waals surface area (Å²) in [5.74, 6) is -0.894. The molecule has 16 heavy (non-hydrogen) atoms. The molecule has 0 aliphatic rings. The molecule has 0 aromatic heterocycles. The summed E-state index contributed by atoms with van der Waals surface area (Å²) in [6, 6.07) is 8.58. The molecule has 0 aliphatic carbocycles. The second-order valence-electron chi connectivity index (χ2n) is 2.76. The van der Waals surface area contributed by atoms with Crippen LogP contribution in [0, 0.1) is 5.41 Å². The van der Waals surface area contributed by atoms with Crippen molar-refractivity contribution in [3.63, 3.8) is 0 Å². The minimum atomic E-state index is -4.65.